The summed E-state index contributed by atoms with van der Waals surface area (Å²) in [4.78, 5) is 21.6. The molecule has 2 rings (SSSR count). The lowest BCUT2D eigenvalue weighted by molar-refractivity contribution is -0.142. The highest BCUT2D eigenvalue weighted by Gasteiger charge is 2.34. The predicted molar refractivity (Wildman–Crippen MR) is 40.3 cm³/mol. The lowest BCUT2D eigenvalue weighted by atomic mass is 10.1. The fourth-order valence-corrected chi connectivity index (χ4v) is 1.75. The van der Waals surface area contributed by atoms with E-state index in [2.05, 4.69) is 5.32 Å². The van der Waals surface area contributed by atoms with Crippen molar-refractivity contribution in [1.29, 1.82) is 0 Å². The summed E-state index contributed by atoms with van der Waals surface area (Å²) in [6.45, 7) is 0. The highest BCUT2D eigenvalue weighted by atomic mass is 16.5. The lowest BCUT2D eigenvalue weighted by Gasteiger charge is -2.16. The Morgan fingerprint density at radius 1 is 1.25 bits per heavy atom. The molecule has 12 heavy (non-hydrogen) atoms. The van der Waals surface area contributed by atoms with Gasteiger partial charge >= 0.3 is 5.97 Å². The molecular weight excluding hydrogens is 158 g/mol. The summed E-state index contributed by atoms with van der Waals surface area (Å²) in [5.74, 6) is -0.0657. The number of carbonyl (C=O) groups is 2. The average molecular weight is 169 g/mol. The van der Waals surface area contributed by atoms with Gasteiger partial charge in [-0.1, -0.05) is 0 Å². The second kappa shape index (κ2) is 2.77. The molecular formula is C8H11NO3. The van der Waals surface area contributed by atoms with Crippen LogP contribution in [-0.2, 0) is 14.3 Å². The van der Waals surface area contributed by atoms with Crippen molar-refractivity contribution in [2.45, 2.75) is 37.8 Å². The molecule has 2 aliphatic heterocycles. The van der Waals surface area contributed by atoms with Gasteiger partial charge in [0.25, 0.3) is 0 Å². The maximum absolute atomic E-state index is 10.8. The molecule has 66 valence electrons. The molecule has 2 unspecified atom stereocenters. The van der Waals surface area contributed by atoms with Crippen LogP contribution >= 0.6 is 0 Å². The fraction of sp³-hybridized carbons (Fsp3) is 0.750. The SMILES string of the molecule is O=C1CCC(C2CCC(=O)O2)N1. The minimum Gasteiger partial charge on any atom is -0.460 e. The number of nitrogens with one attached hydrogen (secondary N) is 1. The van der Waals surface area contributed by atoms with Gasteiger partial charge in [-0.05, 0) is 12.8 Å². The number of ether oxygens (including phenoxy) is 1. The van der Waals surface area contributed by atoms with Crippen LogP contribution in [-0.4, -0.2) is 24.0 Å². The van der Waals surface area contributed by atoms with E-state index in [-0.39, 0.29) is 24.0 Å². The molecule has 0 aliphatic carbocycles. The molecule has 2 atom stereocenters. The zero-order chi connectivity index (χ0) is 8.55. The first kappa shape index (κ1) is 7.58. The van der Waals surface area contributed by atoms with Crippen LogP contribution in [0.4, 0.5) is 0 Å². The van der Waals surface area contributed by atoms with E-state index in [1.54, 1.807) is 0 Å². The van der Waals surface area contributed by atoms with Crippen molar-refractivity contribution in [2.24, 2.45) is 0 Å². The molecule has 2 heterocycles. The van der Waals surface area contributed by atoms with Crippen molar-refractivity contribution in [3.63, 3.8) is 0 Å². The van der Waals surface area contributed by atoms with E-state index in [0.29, 0.717) is 12.8 Å². The number of hydrogen-bond donors (Lipinski definition) is 1. The van der Waals surface area contributed by atoms with Crippen LogP contribution in [0.25, 0.3) is 0 Å². The third-order valence-electron chi connectivity index (χ3n) is 2.39. The van der Waals surface area contributed by atoms with E-state index in [4.69, 9.17) is 4.74 Å². The van der Waals surface area contributed by atoms with Crippen molar-refractivity contribution in [3.05, 3.63) is 0 Å². The van der Waals surface area contributed by atoms with Crippen LogP contribution in [0.5, 0.6) is 0 Å². The largest absolute Gasteiger partial charge is 0.460 e. The third-order valence-corrected chi connectivity index (χ3v) is 2.39. The predicted octanol–water partition coefficient (Wildman–Crippen LogP) is -0.0294. The molecule has 1 amide bonds. The van der Waals surface area contributed by atoms with Gasteiger partial charge in [-0.25, -0.2) is 0 Å². The van der Waals surface area contributed by atoms with Crippen LogP contribution < -0.4 is 5.32 Å². The summed E-state index contributed by atoms with van der Waals surface area (Å²) in [7, 11) is 0. The second-order valence-electron chi connectivity index (χ2n) is 3.28. The molecule has 2 saturated heterocycles. The first-order chi connectivity index (χ1) is 5.75. The maximum atomic E-state index is 10.8. The van der Waals surface area contributed by atoms with E-state index in [9.17, 15) is 9.59 Å². The molecule has 0 spiro atoms. The molecule has 0 saturated carbocycles. The molecule has 0 aromatic rings. The molecule has 2 aliphatic rings. The summed E-state index contributed by atoms with van der Waals surface area (Å²) < 4.78 is 5.04. The Hall–Kier alpha value is -1.06. The zero-order valence-electron chi connectivity index (χ0n) is 6.71. The topological polar surface area (TPSA) is 55.4 Å². The van der Waals surface area contributed by atoms with Crippen LogP contribution in [0.3, 0.4) is 0 Å². The average Bonchev–Trinajstić information content (AvgIpc) is 2.58. The molecule has 0 bridgehead atoms. The van der Waals surface area contributed by atoms with Crippen molar-refractivity contribution in [2.75, 3.05) is 0 Å². The van der Waals surface area contributed by atoms with Gasteiger partial charge in [-0.2, -0.15) is 0 Å². The molecule has 0 radical (unpaired) electrons. The van der Waals surface area contributed by atoms with Crippen molar-refractivity contribution < 1.29 is 14.3 Å². The van der Waals surface area contributed by atoms with Crippen LogP contribution in [0.15, 0.2) is 0 Å². The monoisotopic (exact) mass is 169 g/mol. The minimum absolute atomic E-state index is 0.0658. The van der Waals surface area contributed by atoms with Crippen molar-refractivity contribution in [3.8, 4) is 0 Å². The minimum atomic E-state index is -0.138. The van der Waals surface area contributed by atoms with Crippen molar-refractivity contribution >= 4 is 11.9 Å². The highest BCUT2D eigenvalue weighted by molar-refractivity contribution is 5.79. The van der Waals surface area contributed by atoms with Gasteiger partial charge in [-0.15, -0.1) is 0 Å². The molecule has 0 aromatic carbocycles. The van der Waals surface area contributed by atoms with Gasteiger partial charge in [0.15, 0.2) is 0 Å². The normalized spacial score (nSPS) is 35.0. The number of esters is 1. The maximum Gasteiger partial charge on any atom is 0.306 e. The third kappa shape index (κ3) is 1.29. The first-order valence-electron chi connectivity index (χ1n) is 4.24. The summed E-state index contributed by atoms with van der Waals surface area (Å²) in [6, 6.07) is 0.0731. The van der Waals surface area contributed by atoms with E-state index < -0.39 is 0 Å². The lowest BCUT2D eigenvalue weighted by Crippen LogP contribution is -2.36. The highest BCUT2D eigenvalue weighted by Crippen LogP contribution is 2.22. The Labute approximate surface area is 70.3 Å². The van der Waals surface area contributed by atoms with Gasteiger partial charge in [0, 0.05) is 12.8 Å². The summed E-state index contributed by atoms with van der Waals surface area (Å²) in [6.07, 6.45) is 2.56. The Balaban J connectivity index is 1.93. The van der Waals surface area contributed by atoms with Crippen LogP contribution in [0.2, 0.25) is 0 Å². The van der Waals surface area contributed by atoms with Gasteiger partial charge in [0.2, 0.25) is 5.91 Å². The van der Waals surface area contributed by atoms with Gasteiger partial charge in [0.05, 0.1) is 6.04 Å². The number of amides is 1. The Morgan fingerprint density at radius 3 is 2.58 bits per heavy atom. The molecule has 1 N–H and O–H groups in total. The standard InChI is InChI=1S/C8H11NO3/c10-7-3-1-5(9-7)6-2-4-8(11)12-6/h5-6H,1-4H2,(H,9,10). The van der Waals surface area contributed by atoms with Gasteiger partial charge in [-0.3, -0.25) is 9.59 Å². The molecule has 4 nitrogen and oxygen atoms in total. The summed E-state index contributed by atoms with van der Waals surface area (Å²) in [5, 5.41) is 2.80. The molecule has 4 heteroatoms. The van der Waals surface area contributed by atoms with E-state index in [1.807, 2.05) is 0 Å². The van der Waals surface area contributed by atoms with E-state index >= 15 is 0 Å². The Kier molecular flexibility index (Phi) is 1.75. The van der Waals surface area contributed by atoms with Gasteiger partial charge in [0.1, 0.15) is 6.10 Å². The quantitative estimate of drug-likeness (QED) is 0.561. The Morgan fingerprint density at radius 2 is 2.08 bits per heavy atom. The summed E-state index contributed by atoms with van der Waals surface area (Å²) in [5.41, 5.74) is 0. The van der Waals surface area contributed by atoms with Crippen LogP contribution in [0, 0.1) is 0 Å². The van der Waals surface area contributed by atoms with E-state index in [1.165, 1.54) is 0 Å². The molecule has 0 aromatic heterocycles. The zero-order valence-corrected chi connectivity index (χ0v) is 6.71. The molecule has 2 fully saturated rings. The Bertz CT molecular complexity index is 202. The second-order valence-corrected chi connectivity index (χ2v) is 3.28. The van der Waals surface area contributed by atoms with Gasteiger partial charge < -0.3 is 10.1 Å². The smallest absolute Gasteiger partial charge is 0.306 e. The first-order valence-corrected chi connectivity index (χ1v) is 4.24. The number of carbonyl (C=O) groups excluding carboxylic acids is 2. The number of cyclic esters (lactones) is 1. The van der Waals surface area contributed by atoms with Crippen molar-refractivity contribution in [1.82, 2.24) is 5.32 Å². The summed E-state index contributed by atoms with van der Waals surface area (Å²) >= 11 is 0. The van der Waals surface area contributed by atoms with Crippen LogP contribution in [0.1, 0.15) is 25.7 Å². The number of rotatable bonds is 1. The number of hydrogen-bond acceptors (Lipinski definition) is 3. The van der Waals surface area contributed by atoms with E-state index in [0.717, 1.165) is 12.8 Å². The fourth-order valence-electron chi connectivity index (χ4n) is 1.75.